The molecule has 1 rings (SSSR count). The molecule has 0 aliphatic heterocycles. The van der Waals surface area contributed by atoms with Crippen LogP contribution in [0.5, 0.6) is 5.88 Å². The summed E-state index contributed by atoms with van der Waals surface area (Å²) in [7, 11) is 0. The zero-order chi connectivity index (χ0) is 9.68. The van der Waals surface area contributed by atoms with Crippen molar-refractivity contribution in [3.05, 3.63) is 12.5 Å². The van der Waals surface area contributed by atoms with E-state index in [9.17, 15) is 4.79 Å². The predicted octanol–water partition coefficient (Wildman–Crippen LogP) is 1.61. The monoisotopic (exact) mass is 182 g/mol. The first-order chi connectivity index (χ1) is 6.24. The van der Waals surface area contributed by atoms with E-state index in [4.69, 9.17) is 4.74 Å². The molecule has 0 aromatic carbocycles. The smallest absolute Gasteiger partial charge is 0.309 e. The van der Waals surface area contributed by atoms with E-state index in [0.29, 0.717) is 5.88 Å². The number of carbonyl (C=O) groups excluding carboxylic acids is 1. The van der Waals surface area contributed by atoms with Crippen LogP contribution >= 0.6 is 0 Å². The van der Waals surface area contributed by atoms with Gasteiger partial charge in [-0.2, -0.15) is 0 Å². The number of ether oxygens (including phenoxy) is 1. The molecule has 1 aromatic rings. The molecule has 4 nitrogen and oxygen atoms in total. The first-order valence-corrected chi connectivity index (χ1v) is 4.42. The SMILES string of the molecule is CCCCn1cncc1OC(C)=O. The fourth-order valence-corrected chi connectivity index (χ4v) is 1.04. The molecule has 0 bridgehead atoms. The normalized spacial score (nSPS) is 10.0. The maximum Gasteiger partial charge on any atom is 0.309 e. The molecular weight excluding hydrogens is 168 g/mol. The molecule has 0 N–H and O–H groups in total. The summed E-state index contributed by atoms with van der Waals surface area (Å²) in [6.07, 6.45) is 5.40. The third-order valence-corrected chi connectivity index (χ3v) is 1.67. The van der Waals surface area contributed by atoms with Gasteiger partial charge in [0.25, 0.3) is 0 Å². The molecule has 0 saturated carbocycles. The van der Waals surface area contributed by atoms with Crippen LogP contribution in [-0.2, 0) is 11.3 Å². The van der Waals surface area contributed by atoms with Gasteiger partial charge in [-0.3, -0.25) is 4.79 Å². The number of hydrogen-bond donors (Lipinski definition) is 0. The molecule has 0 unspecified atom stereocenters. The highest BCUT2D eigenvalue weighted by Crippen LogP contribution is 2.10. The molecule has 0 saturated heterocycles. The Hall–Kier alpha value is -1.32. The average molecular weight is 182 g/mol. The molecule has 0 aliphatic carbocycles. The molecule has 0 spiro atoms. The number of nitrogens with zero attached hydrogens (tertiary/aromatic N) is 2. The third-order valence-electron chi connectivity index (χ3n) is 1.67. The second-order valence-corrected chi connectivity index (χ2v) is 2.87. The van der Waals surface area contributed by atoms with E-state index in [1.165, 1.54) is 6.92 Å². The van der Waals surface area contributed by atoms with Crippen LogP contribution in [0.3, 0.4) is 0 Å². The van der Waals surface area contributed by atoms with Crippen molar-refractivity contribution in [3.63, 3.8) is 0 Å². The van der Waals surface area contributed by atoms with Gasteiger partial charge in [-0.05, 0) is 6.42 Å². The van der Waals surface area contributed by atoms with Gasteiger partial charge in [-0.15, -0.1) is 0 Å². The van der Waals surface area contributed by atoms with Crippen LogP contribution in [0.4, 0.5) is 0 Å². The largest absolute Gasteiger partial charge is 0.408 e. The highest BCUT2D eigenvalue weighted by molar-refractivity contribution is 5.68. The van der Waals surface area contributed by atoms with Gasteiger partial charge < -0.3 is 9.30 Å². The Morgan fingerprint density at radius 3 is 3.08 bits per heavy atom. The van der Waals surface area contributed by atoms with E-state index in [1.807, 2.05) is 4.57 Å². The molecule has 0 aliphatic rings. The van der Waals surface area contributed by atoms with Gasteiger partial charge in [0.05, 0.1) is 12.5 Å². The minimum absolute atomic E-state index is 0.307. The Bertz CT molecular complexity index is 281. The molecule has 1 aromatic heterocycles. The first kappa shape index (κ1) is 9.77. The van der Waals surface area contributed by atoms with Crippen molar-refractivity contribution in [2.75, 3.05) is 0 Å². The summed E-state index contributed by atoms with van der Waals surface area (Å²) in [5.41, 5.74) is 0. The second kappa shape index (κ2) is 4.64. The van der Waals surface area contributed by atoms with Crippen LogP contribution in [0.1, 0.15) is 26.7 Å². The third kappa shape index (κ3) is 2.89. The fraction of sp³-hybridized carbons (Fsp3) is 0.556. The van der Waals surface area contributed by atoms with E-state index >= 15 is 0 Å². The Balaban J connectivity index is 2.60. The van der Waals surface area contributed by atoms with Gasteiger partial charge in [-0.25, -0.2) is 4.98 Å². The van der Waals surface area contributed by atoms with Crippen LogP contribution in [0.25, 0.3) is 0 Å². The standard InChI is InChI=1S/C9H14N2O2/c1-3-4-5-11-7-10-6-9(11)13-8(2)12/h6-7H,3-5H2,1-2H3. The summed E-state index contributed by atoms with van der Waals surface area (Å²) >= 11 is 0. The van der Waals surface area contributed by atoms with Crippen molar-refractivity contribution in [1.29, 1.82) is 0 Å². The lowest BCUT2D eigenvalue weighted by atomic mass is 10.3. The van der Waals surface area contributed by atoms with E-state index in [1.54, 1.807) is 12.5 Å². The summed E-state index contributed by atoms with van der Waals surface area (Å²) in [4.78, 5) is 14.6. The highest BCUT2D eigenvalue weighted by Gasteiger charge is 2.04. The minimum atomic E-state index is -0.307. The van der Waals surface area contributed by atoms with Crippen LogP contribution < -0.4 is 4.74 Å². The second-order valence-electron chi connectivity index (χ2n) is 2.87. The van der Waals surface area contributed by atoms with Gasteiger partial charge >= 0.3 is 5.97 Å². The van der Waals surface area contributed by atoms with Crippen LogP contribution in [0.2, 0.25) is 0 Å². The van der Waals surface area contributed by atoms with Gasteiger partial charge in [0.1, 0.15) is 0 Å². The van der Waals surface area contributed by atoms with E-state index in [2.05, 4.69) is 11.9 Å². The quantitative estimate of drug-likeness (QED) is 0.664. The number of unbranched alkanes of at least 4 members (excludes halogenated alkanes) is 1. The van der Waals surface area contributed by atoms with Crippen molar-refractivity contribution in [3.8, 4) is 5.88 Å². The molecule has 4 heteroatoms. The topological polar surface area (TPSA) is 44.1 Å². The van der Waals surface area contributed by atoms with E-state index < -0.39 is 0 Å². The molecule has 0 radical (unpaired) electrons. The number of aromatic nitrogens is 2. The van der Waals surface area contributed by atoms with Crippen LogP contribution in [-0.4, -0.2) is 15.5 Å². The zero-order valence-electron chi connectivity index (χ0n) is 7.99. The molecule has 72 valence electrons. The number of carbonyl (C=O) groups is 1. The number of aryl methyl sites for hydroxylation is 1. The molecule has 0 fully saturated rings. The summed E-state index contributed by atoms with van der Waals surface area (Å²) in [6, 6.07) is 0. The minimum Gasteiger partial charge on any atom is -0.408 e. The Kier molecular flexibility index (Phi) is 3.49. The molecular formula is C9H14N2O2. The number of hydrogen-bond acceptors (Lipinski definition) is 3. The Morgan fingerprint density at radius 2 is 2.46 bits per heavy atom. The molecule has 0 amide bonds. The summed E-state index contributed by atoms with van der Waals surface area (Å²) in [5.74, 6) is 0.221. The lowest BCUT2D eigenvalue weighted by molar-refractivity contribution is -0.132. The van der Waals surface area contributed by atoms with Gasteiger partial charge in [0.15, 0.2) is 0 Å². The molecule has 13 heavy (non-hydrogen) atoms. The van der Waals surface area contributed by atoms with Gasteiger partial charge in [0.2, 0.25) is 5.88 Å². The number of esters is 1. The maximum atomic E-state index is 10.7. The van der Waals surface area contributed by atoms with Crippen LogP contribution in [0.15, 0.2) is 12.5 Å². The van der Waals surface area contributed by atoms with Crippen molar-refractivity contribution >= 4 is 5.97 Å². The van der Waals surface area contributed by atoms with E-state index in [-0.39, 0.29) is 5.97 Å². The number of rotatable bonds is 4. The summed E-state index contributed by atoms with van der Waals surface area (Å²) < 4.78 is 6.78. The summed E-state index contributed by atoms with van der Waals surface area (Å²) in [6.45, 7) is 4.35. The van der Waals surface area contributed by atoms with Crippen molar-refractivity contribution in [1.82, 2.24) is 9.55 Å². The highest BCUT2D eigenvalue weighted by atomic mass is 16.5. The van der Waals surface area contributed by atoms with Crippen LogP contribution in [0, 0.1) is 0 Å². The fourth-order valence-electron chi connectivity index (χ4n) is 1.04. The van der Waals surface area contributed by atoms with Gasteiger partial charge in [-0.1, -0.05) is 13.3 Å². The van der Waals surface area contributed by atoms with E-state index in [0.717, 1.165) is 19.4 Å². The number of imidazole rings is 1. The molecule has 0 atom stereocenters. The lowest BCUT2D eigenvalue weighted by Crippen LogP contribution is -2.07. The first-order valence-electron chi connectivity index (χ1n) is 4.42. The Morgan fingerprint density at radius 1 is 1.69 bits per heavy atom. The van der Waals surface area contributed by atoms with Crippen molar-refractivity contribution in [2.24, 2.45) is 0 Å². The Labute approximate surface area is 77.5 Å². The zero-order valence-corrected chi connectivity index (χ0v) is 7.99. The average Bonchev–Trinajstić information content (AvgIpc) is 2.48. The lowest BCUT2D eigenvalue weighted by Gasteiger charge is -2.05. The predicted molar refractivity (Wildman–Crippen MR) is 48.4 cm³/mol. The summed E-state index contributed by atoms with van der Waals surface area (Å²) in [5, 5.41) is 0. The molecule has 1 heterocycles. The van der Waals surface area contributed by atoms with Crippen molar-refractivity contribution < 1.29 is 9.53 Å². The van der Waals surface area contributed by atoms with Gasteiger partial charge in [0, 0.05) is 13.5 Å². The van der Waals surface area contributed by atoms with Crippen molar-refractivity contribution in [2.45, 2.75) is 33.2 Å². The maximum absolute atomic E-state index is 10.7.